The van der Waals surface area contributed by atoms with Gasteiger partial charge in [0.1, 0.15) is 5.01 Å². The number of hydrogen-bond acceptors (Lipinski definition) is 5. The Kier molecular flexibility index (Phi) is 3.58. The molecule has 2 aromatic rings. The molecule has 4 nitrogen and oxygen atoms in total. The SMILES string of the molecule is Cc1cc(C(=O)Nc2nnc(C34CC5CC(CC(C5)C3)C4)s2)sc1C. The third-order valence-corrected chi connectivity index (χ3v) is 8.76. The Hall–Kier alpha value is -1.27. The number of rotatable bonds is 3. The maximum Gasteiger partial charge on any atom is 0.267 e. The van der Waals surface area contributed by atoms with Crippen LogP contribution in [0.5, 0.6) is 0 Å². The molecule has 0 aliphatic heterocycles. The summed E-state index contributed by atoms with van der Waals surface area (Å²) in [5.74, 6) is 2.62. The molecule has 4 aliphatic carbocycles. The molecule has 0 atom stereocenters. The summed E-state index contributed by atoms with van der Waals surface area (Å²) in [4.78, 5) is 14.4. The van der Waals surface area contributed by atoms with Crippen molar-refractivity contribution in [2.75, 3.05) is 5.32 Å². The summed E-state index contributed by atoms with van der Waals surface area (Å²) in [7, 11) is 0. The molecule has 25 heavy (non-hydrogen) atoms. The fraction of sp³-hybridized carbons (Fsp3) is 0.632. The van der Waals surface area contributed by atoms with E-state index in [0.29, 0.717) is 5.13 Å². The predicted molar refractivity (Wildman–Crippen MR) is 102 cm³/mol. The van der Waals surface area contributed by atoms with Crippen molar-refractivity contribution in [3.8, 4) is 0 Å². The van der Waals surface area contributed by atoms with Gasteiger partial charge in [-0.05, 0) is 81.8 Å². The Morgan fingerprint density at radius 2 is 1.72 bits per heavy atom. The highest BCUT2D eigenvalue weighted by molar-refractivity contribution is 7.16. The highest BCUT2D eigenvalue weighted by atomic mass is 32.1. The highest BCUT2D eigenvalue weighted by Gasteiger charge is 2.53. The van der Waals surface area contributed by atoms with Crippen LogP contribution in [-0.4, -0.2) is 16.1 Å². The average molecular weight is 374 g/mol. The standard InChI is InChI=1S/C19H23N3OS2/c1-10-3-15(24-11(10)2)16(23)20-18-22-21-17(25-18)19-7-12-4-13(8-19)6-14(5-12)9-19/h3,12-14H,4-9H2,1-2H3,(H,20,22,23). The van der Waals surface area contributed by atoms with E-state index in [1.807, 2.05) is 19.9 Å². The van der Waals surface area contributed by atoms with Gasteiger partial charge >= 0.3 is 0 Å². The zero-order chi connectivity index (χ0) is 17.2. The van der Waals surface area contributed by atoms with Crippen molar-refractivity contribution in [2.24, 2.45) is 17.8 Å². The van der Waals surface area contributed by atoms with E-state index in [4.69, 9.17) is 0 Å². The molecule has 0 saturated heterocycles. The fourth-order valence-corrected chi connectivity index (χ4v) is 7.59. The van der Waals surface area contributed by atoms with E-state index in [-0.39, 0.29) is 11.3 Å². The molecule has 1 N–H and O–H groups in total. The van der Waals surface area contributed by atoms with Gasteiger partial charge in [0.15, 0.2) is 0 Å². The van der Waals surface area contributed by atoms with E-state index >= 15 is 0 Å². The van der Waals surface area contributed by atoms with Crippen molar-refractivity contribution in [3.63, 3.8) is 0 Å². The first-order chi connectivity index (χ1) is 12.0. The molecule has 0 spiro atoms. The molecule has 2 aromatic heterocycles. The molecule has 0 unspecified atom stereocenters. The minimum atomic E-state index is -0.0607. The maximum absolute atomic E-state index is 12.5. The van der Waals surface area contributed by atoms with E-state index < -0.39 is 0 Å². The molecule has 132 valence electrons. The van der Waals surface area contributed by atoms with Crippen LogP contribution in [0.4, 0.5) is 5.13 Å². The van der Waals surface area contributed by atoms with Crippen molar-refractivity contribution < 1.29 is 4.79 Å². The number of amides is 1. The van der Waals surface area contributed by atoms with E-state index in [1.54, 1.807) is 22.7 Å². The summed E-state index contributed by atoms with van der Waals surface area (Å²) in [6.45, 7) is 4.09. The molecule has 6 rings (SSSR count). The van der Waals surface area contributed by atoms with E-state index in [1.165, 1.54) is 54.0 Å². The smallest absolute Gasteiger partial charge is 0.267 e. The number of nitrogens with one attached hydrogen (secondary N) is 1. The van der Waals surface area contributed by atoms with Gasteiger partial charge in [-0.15, -0.1) is 21.5 Å². The second-order valence-corrected chi connectivity index (χ2v) is 10.6. The molecule has 0 radical (unpaired) electrons. The number of carbonyl (C=O) groups excluding carboxylic acids is 1. The molecular formula is C19H23N3OS2. The van der Waals surface area contributed by atoms with Crippen LogP contribution < -0.4 is 5.32 Å². The van der Waals surface area contributed by atoms with Crippen LogP contribution in [0.2, 0.25) is 0 Å². The van der Waals surface area contributed by atoms with Gasteiger partial charge in [0, 0.05) is 10.3 Å². The zero-order valence-corrected chi connectivity index (χ0v) is 16.3. The molecule has 1 amide bonds. The highest BCUT2D eigenvalue weighted by Crippen LogP contribution is 2.61. The quantitative estimate of drug-likeness (QED) is 0.829. The molecule has 0 aromatic carbocycles. The minimum absolute atomic E-state index is 0.0607. The van der Waals surface area contributed by atoms with Gasteiger partial charge in [0.2, 0.25) is 5.13 Å². The second kappa shape index (κ2) is 5.61. The Morgan fingerprint density at radius 1 is 1.08 bits per heavy atom. The Labute approximate surface area is 156 Å². The summed E-state index contributed by atoms with van der Waals surface area (Å²) >= 11 is 3.15. The van der Waals surface area contributed by atoms with Crippen molar-refractivity contribution in [1.82, 2.24) is 10.2 Å². The second-order valence-electron chi connectivity index (χ2n) is 8.41. The summed E-state index contributed by atoms with van der Waals surface area (Å²) < 4.78 is 0. The number of nitrogens with zero attached hydrogens (tertiary/aromatic N) is 2. The van der Waals surface area contributed by atoms with Crippen LogP contribution in [0.3, 0.4) is 0 Å². The van der Waals surface area contributed by atoms with Gasteiger partial charge in [-0.2, -0.15) is 0 Å². The first-order valence-electron chi connectivity index (χ1n) is 9.23. The molecule has 4 saturated carbocycles. The van der Waals surface area contributed by atoms with Crippen molar-refractivity contribution in [1.29, 1.82) is 0 Å². The molecule has 6 heteroatoms. The van der Waals surface area contributed by atoms with Gasteiger partial charge in [0.25, 0.3) is 5.91 Å². The van der Waals surface area contributed by atoms with Crippen LogP contribution in [0.15, 0.2) is 6.07 Å². The fourth-order valence-electron chi connectivity index (χ4n) is 5.70. The minimum Gasteiger partial charge on any atom is -0.296 e. The summed E-state index contributed by atoms with van der Waals surface area (Å²) in [5.41, 5.74) is 1.42. The zero-order valence-electron chi connectivity index (χ0n) is 14.7. The van der Waals surface area contributed by atoms with Crippen LogP contribution in [0, 0.1) is 31.6 Å². The van der Waals surface area contributed by atoms with Gasteiger partial charge < -0.3 is 0 Å². The van der Waals surface area contributed by atoms with Crippen LogP contribution in [0.25, 0.3) is 0 Å². The molecule has 4 fully saturated rings. The van der Waals surface area contributed by atoms with E-state index in [0.717, 1.165) is 22.6 Å². The van der Waals surface area contributed by atoms with Crippen LogP contribution in [0.1, 0.15) is 63.6 Å². The van der Waals surface area contributed by atoms with Crippen molar-refractivity contribution >= 4 is 33.7 Å². The largest absolute Gasteiger partial charge is 0.296 e. The average Bonchev–Trinajstić information content (AvgIpc) is 3.14. The number of anilines is 1. The number of aromatic nitrogens is 2. The molecule has 4 bridgehead atoms. The molecule has 2 heterocycles. The number of aryl methyl sites for hydroxylation is 2. The van der Waals surface area contributed by atoms with Gasteiger partial charge in [-0.25, -0.2) is 0 Å². The van der Waals surface area contributed by atoms with Crippen LogP contribution >= 0.6 is 22.7 Å². The number of hydrogen-bond donors (Lipinski definition) is 1. The van der Waals surface area contributed by atoms with Gasteiger partial charge in [0.05, 0.1) is 4.88 Å². The lowest BCUT2D eigenvalue weighted by Crippen LogP contribution is -2.48. The Bertz CT molecular complexity index is 783. The van der Waals surface area contributed by atoms with Crippen molar-refractivity contribution in [3.05, 3.63) is 26.4 Å². The van der Waals surface area contributed by atoms with Gasteiger partial charge in [-0.3, -0.25) is 10.1 Å². The lowest BCUT2D eigenvalue weighted by molar-refractivity contribution is -0.00555. The monoisotopic (exact) mass is 373 g/mol. The van der Waals surface area contributed by atoms with E-state index in [9.17, 15) is 4.79 Å². The first-order valence-corrected chi connectivity index (χ1v) is 10.9. The Morgan fingerprint density at radius 3 is 2.28 bits per heavy atom. The Balaban J connectivity index is 1.36. The summed E-state index contributed by atoms with van der Waals surface area (Å²) in [5, 5.41) is 13.6. The van der Waals surface area contributed by atoms with Gasteiger partial charge in [-0.1, -0.05) is 11.3 Å². The summed E-state index contributed by atoms with van der Waals surface area (Å²) in [6.07, 6.45) is 8.14. The number of carbonyl (C=O) groups is 1. The van der Waals surface area contributed by atoms with Crippen molar-refractivity contribution in [2.45, 2.75) is 57.8 Å². The normalized spacial score (nSPS) is 33.0. The van der Waals surface area contributed by atoms with E-state index in [2.05, 4.69) is 15.5 Å². The molecule has 4 aliphatic rings. The van der Waals surface area contributed by atoms with Crippen LogP contribution in [-0.2, 0) is 5.41 Å². The first kappa shape index (κ1) is 15.9. The lowest BCUT2D eigenvalue weighted by atomic mass is 9.50. The third kappa shape index (κ3) is 2.65. The topological polar surface area (TPSA) is 54.9 Å². The maximum atomic E-state index is 12.5. The molecular weight excluding hydrogens is 350 g/mol. The lowest BCUT2D eigenvalue weighted by Gasteiger charge is -2.55. The summed E-state index contributed by atoms with van der Waals surface area (Å²) in [6, 6.07) is 1.95. The predicted octanol–water partition coefficient (Wildman–Crippen LogP) is 4.94. The number of thiophene rings is 1. The third-order valence-electron chi connectivity index (χ3n) is 6.53.